The molecule has 1 aromatic carbocycles. The fraction of sp³-hybridized carbons (Fsp3) is 0.538. The molecule has 1 aliphatic rings. The summed E-state index contributed by atoms with van der Waals surface area (Å²) in [5.41, 5.74) is 0.546. The molecule has 3 heteroatoms. The van der Waals surface area contributed by atoms with Gasteiger partial charge in [0.2, 0.25) is 0 Å². The molecule has 0 saturated heterocycles. The Morgan fingerprint density at radius 1 is 1.12 bits per heavy atom. The zero-order chi connectivity index (χ0) is 11.7. The SMILES string of the molecule is CC(C)C1CC(Nc2cc(F)cc(F)c2)C1. The highest BCUT2D eigenvalue weighted by Crippen LogP contribution is 2.35. The maximum absolute atomic E-state index is 12.9. The van der Waals surface area contributed by atoms with Crippen LogP contribution in [0.2, 0.25) is 0 Å². The van der Waals surface area contributed by atoms with Crippen molar-refractivity contribution in [3.63, 3.8) is 0 Å². The van der Waals surface area contributed by atoms with E-state index in [0.717, 1.165) is 24.8 Å². The number of hydrogen-bond donors (Lipinski definition) is 1. The minimum absolute atomic E-state index is 0.369. The Hall–Kier alpha value is -1.12. The highest BCUT2D eigenvalue weighted by atomic mass is 19.1. The average molecular weight is 225 g/mol. The summed E-state index contributed by atoms with van der Waals surface area (Å²) in [6, 6.07) is 3.94. The molecule has 0 bridgehead atoms. The van der Waals surface area contributed by atoms with Crippen LogP contribution in [0.1, 0.15) is 26.7 Å². The van der Waals surface area contributed by atoms with E-state index in [4.69, 9.17) is 0 Å². The number of halogens is 2. The van der Waals surface area contributed by atoms with E-state index in [9.17, 15) is 8.78 Å². The molecule has 0 heterocycles. The lowest BCUT2D eigenvalue weighted by molar-refractivity contribution is 0.212. The topological polar surface area (TPSA) is 12.0 Å². The Morgan fingerprint density at radius 2 is 1.69 bits per heavy atom. The van der Waals surface area contributed by atoms with Crippen molar-refractivity contribution >= 4 is 5.69 Å². The summed E-state index contributed by atoms with van der Waals surface area (Å²) in [4.78, 5) is 0. The molecule has 2 rings (SSSR count). The van der Waals surface area contributed by atoms with E-state index in [-0.39, 0.29) is 0 Å². The van der Waals surface area contributed by atoms with Crippen LogP contribution in [0.4, 0.5) is 14.5 Å². The third-order valence-electron chi connectivity index (χ3n) is 3.35. The lowest BCUT2D eigenvalue weighted by Gasteiger charge is -2.39. The number of nitrogens with one attached hydrogen (secondary N) is 1. The minimum Gasteiger partial charge on any atom is -0.382 e. The van der Waals surface area contributed by atoms with Gasteiger partial charge in [0.15, 0.2) is 0 Å². The fourth-order valence-corrected chi connectivity index (χ4v) is 2.20. The number of hydrogen-bond acceptors (Lipinski definition) is 1. The van der Waals surface area contributed by atoms with E-state index in [1.807, 2.05) is 0 Å². The molecule has 1 aliphatic carbocycles. The highest BCUT2D eigenvalue weighted by Gasteiger charge is 2.30. The van der Waals surface area contributed by atoms with Crippen molar-refractivity contribution in [1.82, 2.24) is 0 Å². The first-order chi connectivity index (χ1) is 7.54. The lowest BCUT2D eigenvalue weighted by atomic mass is 9.73. The maximum Gasteiger partial charge on any atom is 0.128 e. The van der Waals surface area contributed by atoms with Crippen LogP contribution in [-0.2, 0) is 0 Å². The van der Waals surface area contributed by atoms with E-state index < -0.39 is 11.6 Å². The van der Waals surface area contributed by atoms with E-state index in [2.05, 4.69) is 19.2 Å². The number of anilines is 1. The van der Waals surface area contributed by atoms with Gasteiger partial charge in [-0.2, -0.15) is 0 Å². The van der Waals surface area contributed by atoms with E-state index in [1.165, 1.54) is 12.1 Å². The first-order valence-electron chi connectivity index (χ1n) is 5.77. The molecule has 1 fully saturated rings. The predicted molar refractivity (Wildman–Crippen MR) is 61.3 cm³/mol. The summed E-state index contributed by atoms with van der Waals surface area (Å²) in [5.74, 6) is 0.391. The molecule has 16 heavy (non-hydrogen) atoms. The zero-order valence-electron chi connectivity index (χ0n) is 9.63. The second kappa shape index (κ2) is 4.40. The predicted octanol–water partition coefficient (Wildman–Crippen LogP) is 3.81. The minimum atomic E-state index is -0.526. The first-order valence-corrected chi connectivity index (χ1v) is 5.77. The standard InChI is InChI=1S/C13H17F2N/c1-8(2)9-3-12(4-9)16-13-6-10(14)5-11(15)7-13/h5-9,12,16H,3-4H2,1-2H3. The summed E-state index contributed by atoms with van der Waals surface area (Å²) >= 11 is 0. The molecule has 0 spiro atoms. The third-order valence-corrected chi connectivity index (χ3v) is 3.35. The molecular formula is C13H17F2N. The van der Waals surface area contributed by atoms with Crippen LogP contribution in [0.5, 0.6) is 0 Å². The Kier molecular flexibility index (Phi) is 3.13. The largest absolute Gasteiger partial charge is 0.382 e. The van der Waals surface area contributed by atoms with E-state index >= 15 is 0 Å². The molecule has 0 amide bonds. The maximum atomic E-state index is 12.9. The number of benzene rings is 1. The summed E-state index contributed by atoms with van der Waals surface area (Å²) in [6.45, 7) is 4.42. The average Bonchev–Trinajstić information content (AvgIpc) is 2.08. The molecule has 0 atom stereocenters. The van der Waals surface area contributed by atoms with Gasteiger partial charge in [-0.1, -0.05) is 13.8 Å². The van der Waals surface area contributed by atoms with Crippen LogP contribution in [0, 0.1) is 23.5 Å². The molecule has 1 aromatic rings. The van der Waals surface area contributed by atoms with Crippen molar-refractivity contribution in [3.8, 4) is 0 Å². The van der Waals surface area contributed by atoms with Gasteiger partial charge in [-0.3, -0.25) is 0 Å². The van der Waals surface area contributed by atoms with Gasteiger partial charge in [0.05, 0.1) is 0 Å². The van der Waals surface area contributed by atoms with Crippen LogP contribution >= 0.6 is 0 Å². The number of rotatable bonds is 3. The van der Waals surface area contributed by atoms with E-state index in [0.29, 0.717) is 17.6 Å². The normalized spacial score (nSPS) is 24.3. The molecule has 0 radical (unpaired) electrons. The molecular weight excluding hydrogens is 208 g/mol. The van der Waals surface area contributed by atoms with Crippen molar-refractivity contribution in [2.45, 2.75) is 32.7 Å². The van der Waals surface area contributed by atoms with Crippen LogP contribution in [0.3, 0.4) is 0 Å². The summed E-state index contributed by atoms with van der Waals surface area (Å²) < 4.78 is 25.9. The van der Waals surface area contributed by atoms with Crippen LogP contribution < -0.4 is 5.32 Å². The monoisotopic (exact) mass is 225 g/mol. The Bertz CT molecular complexity index is 350. The quantitative estimate of drug-likeness (QED) is 0.824. The molecule has 1 nitrogen and oxygen atoms in total. The molecule has 0 unspecified atom stereocenters. The fourth-order valence-electron chi connectivity index (χ4n) is 2.20. The first kappa shape index (κ1) is 11.4. The van der Waals surface area contributed by atoms with E-state index in [1.54, 1.807) is 0 Å². The summed E-state index contributed by atoms with van der Waals surface area (Å²) in [6.07, 6.45) is 2.19. The lowest BCUT2D eigenvalue weighted by Crippen LogP contribution is -2.37. The molecule has 1 N–H and O–H groups in total. The molecule has 0 aliphatic heterocycles. The smallest absolute Gasteiger partial charge is 0.128 e. The zero-order valence-corrected chi connectivity index (χ0v) is 9.63. The van der Waals surface area contributed by atoms with Crippen LogP contribution in [0.25, 0.3) is 0 Å². The van der Waals surface area contributed by atoms with Gasteiger partial charge in [-0.15, -0.1) is 0 Å². The van der Waals surface area contributed by atoms with Gasteiger partial charge in [0, 0.05) is 17.8 Å². The molecule has 1 saturated carbocycles. The van der Waals surface area contributed by atoms with Crippen LogP contribution in [0.15, 0.2) is 18.2 Å². The van der Waals surface area contributed by atoms with Gasteiger partial charge in [-0.05, 0) is 36.8 Å². The van der Waals surface area contributed by atoms with Crippen molar-refractivity contribution < 1.29 is 8.78 Å². The van der Waals surface area contributed by atoms with Gasteiger partial charge in [0.25, 0.3) is 0 Å². The second-order valence-corrected chi connectivity index (χ2v) is 4.97. The van der Waals surface area contributed by atoms with Gasteiger partial charge in [-0.25, -0.2) is 8.78 Å². The molecule has 88 valence electrons. The van der Waals surface area contributed by atoms with Crippen molar-refractivity contribution in [2.75, 3.05) is 5.32 Å². The van der Waals surface area contributed by atoms with Crippen molar-refractivity contribution in [1.29, 1.82) is 0 Å². The van der Waals surface area contributed by atoms with Crippen LogP contribution in [-0.4, -0.2) is 6.04 Å². The van der Waals surface area contributed by atoms with Crippen molar-refractivity contribution in [2.24, 2.45) is 11.8 Å². The molecule has 0 aromatic heterocycles. The second-order valence-electron chi connectivity index (χ2n) is 4.97. The van der Waals surface area contributed by atoms with Gasteiger partial charge in [0.1, 0.15) is 11.6 Å². The van der Waals surface area contributed by atoms with Gasteiger partial charge >= 0.3 is 0 Å². The Labute approximate surface area is 94.9 Å². The van der Waals surface area contributed by atoms with Crippen molar-refractivity contribution in [3.05, 3.63) is 29.8 Å². The summed E-state index contributed by atoms with van der Waals surface area (Å²) in [5, 5.41) is 3.16. The highest BCUT2D eigenvalue weighted by molar-refractivity contribution is 5.45. The Balaban J connectivity index is 1.91. The Morgan fingerprint density at radius 3 is 2.19 bits per heavy atom. The summed E-state index contributed by atoms with van der Waals surface area (Å²) in [7, 11) is 0. The third kappa shape index (κ3) is 2.52. The van der Waals surface area contributed by atoms with Gasteiger partial charge < -0.3 is 5.32 Å².